The van der Waals surface area contributed by atoms with Crippen LogP contribution in [0.3, 0.4) is 0 Å². The Labute approximate surface area is 120 Å². The van der Waals surface area contributed by atoms with Gasteiger partial charge >= 0.3 is 0 Å². The third kappa shape index (κ3) is 3.37. The largest absolute Gasteiger partial charge is 0.304 e. The summed E-state index contributed by atoms with van der Waals surface area (Å²) in [5.41, 5.74) is 0.352. The number of likely N-dealkylation sites (tertiary alicyclic amines) is 1. The summed E-state index contributed by atoms with van der Waals surface area (Å²) in [5, 5.41) is 8.84. The number of rotatable bonds is 3. The first-order chi connectivity index (χ1) is 9.42. The molecule has 1 N–H and O–H groups in total. The van der Waals surface area contributed by atoms with E-state index in [1.807, 2.05) is 13.1 Å². The number of nitrogens with zero attached hydrogens (tertiary/aromatic N) is 2. The van der Waals surface area contributed by atoms with Crippen LogP contribution in [0.5, 0.6) is 0 Å². The van der Waals surface area contributed by atoms with Crippen LogP contribution < -0.4 is 4.72 Å². The summed E-state index contributed by atoms with van der Waals surface area (Å²) in [5.74, 6) is 0. The Hall–Kier alpha value is -1.42. The lowest BCUT2D eigenvalue weighted by atomic mass is 10.0. The number of benzene rings is 1. The van der Waals surface area contributed by atoms with Crippen LogP contribution in [0.2, 0.25) is 0 Å². The fourth-order valence-corrected chi connectivity index (χ4v) is 3.75. The van der Waals surface area contributed by atoms with Crippen molar-refractivity contribution in [3.05, 3.63) is 29.8 Å². The summed E-state index contributed by atoms with van der Waals surface area (Å²) in [4.78, 5) is 2.38. The highest BCUT2D eigenvalue weighted by Crippen LogP contribution is 2.18. The predicted molar refractivity (Wildman–Crippen MR) is 76.6 cm³/mol. The molecule has 0 bridgehead atoms. The number of sulfonamides is 1. The summed E-state index contributed by atoms with van der Waals surface area (Å²) >= 11 is 0. The average Bonchev–Trinajstić information content (AvgIpc) is 2.43. The molecule has 108 valence electrons. The molecule has 5 nitrogen and oxygen atoms in total. The molecule has 0 aromatic heterocycles. The summed E-state index contributed by atoms with van der Waals surface area (Å²) < 4.78 is 27.4. The van der Waals surface area contributed by atoms with Gasteiger partial charge in [-0.3, -0.25) is 0 Å². The molecule has 0 spiro atoms. The molecule has 1 fully saturated rings. The summed E-state index contributed by atoms with van der Waals surface area (Å²) in [6.45, 7) is 2.98. The Balaban J connectivity index is 2.13. The molecular formula is C14H19N3O2S. The third-order valence-electron chi connectivity index (χ3n) is 3.80. The van der Waals surface area contributed by atoms with Crippen LogP contribution in [0, 0.1) is 11.3 Å². The second-order valence-corrected chi connectivity index (χ2v) is 7.03. The van der Waals surface area contributed by atoms with Gasteiger partial charge in [0.05, 0.1) is 16.5 Å². The van der Waals surface area contributed by atoms with Gasteiger partial charge in [0.15, 0.2) is 0 Å². The smallest absolute Gasteiger partial charge is 0.240 e. The van der Waals surface area contributed by atoms with Crippen LogP contribution in [0.1, 0.15) is 25.3 Å². The highest BCUT2D eigenvalue weighted by Gasteiger charge is 2.27. The summed E-state index contributed by atoms with van der Waals surface area (Å²) in [6.07, 6.45) is 1.60. The fourth-order valence-electron chi connectivity index (χ4n) is 2.42. The number of hydrogen-bond donors (Lipinski definition) is 1. The highest BCUT2D eigenvalue weighted by molar-refractivity contribution is 7.89. The molecule has 6 heteroatoms. The number of hydrogen-bond acceptors (Lipinski definition) is 4. The summed E-state index contributed by atoms with van der Waals surface area (Å²) in [7, 11) is -1.51. The molecule has 0 saturated carbocycles. The number of piperidine rings is 1. The topological polar surface area (TPSA) is 73.2 Å². The van der Waals surface area contributed by atoms with E-state index in [2.05, 4.69) is 16.5 Å². The quantitative estimate of drug-likeness (QED) is 0.912. The third-order valence-corrected chi connectivity index (χ3v) is 5.32. The lowest BCUT2D eigenvalue weighted by Gasteiger charge is -2.35. The maximum Gasteiger partial charge on any atom is 0.240 e. The molecule has 1 saturated heterocycles. The monoisotopic (exact) mass is 293 g/mol. The molecule has 2 atom stereocenters. The number of nitrogens with one attached hydrogen (secondary N) is 1. The van der Waals surface area contributed by atoms with Gasteiger partial charge in [-0.05, 0) is 51.6 Å². The molecule has 1 aromatic carbocycles. The lowest BCUT2D eigenvalue weighted by molar-refractivity contribution is 0.178. The van der Waals surface area contributed by atoms with E-state index in [9.17, 15) is 8.42 Å². The standard InChI is InChI=1S/C14H19N3O2S/c1-11-8-13(6-7-17(11)2)16-20(18,19)14-5-3-4-12(9-14)10-15/h3-5,9,11,13,16H,6-8H2,1-2H3. The molecule has 1 aliphatic heterocycles. The first-order valence-electron chi connectivity index (χ1n) is 6.65. The van der Waals surface area contributed by atoms with Gasteiger partial charge in [-0.2, -0.15) is 5.26 Å². The minimum absolute atomic E-state index is 0.0445. The Kier molecular flexibility index (Phi) is 4.43. The van der Waals surface area contributed by atoms with E-state index in [1.54, 1.807) is 12.1 Å². The SMILES string of the molecule is CC1CC(NS(=O)(=O)c2cccc(C#N)c2)CCN1C. The van der Waals surface area contributed by atoms with Crippen LogP contribution in [0.25, 0.3) is 0 Å². The van der Waals surface area contributed by atoms with Gasteiger partial charge in [-0.1, -0.05) is 6.07 Å². The summed E-state index contributed by atoms with van der Waals surface area (Å²) in [6, 6.07) is 8.38. The van der Waals surface area contributed by atoms with Crippen LogP contribution in [0.4, 0.5) is 0 Å². The zero-order chi connectivity index (χ0) is 14.8. The van der Waals surface area contributed by atoms with Gasteiger partial charge in [0.2, 0.25) is 10.0 Å². The Morgan fingerprint density at radius 1 is 1.45 bits per heavy atom. The second kappa shape index (κ2) is 5.92. The van der Waals surface area contributed by atoms with Crippen LogP contribution in [0.15, 0.2) is 29.2 Å². The van der Waals surface area contributed by atoms with Crippen molar-refractivity contribution in [3.63, 3.8) is 0 Å². The minimum atomic E-state index is -3.55. The average molecular weight is 293 g/mol. The van der Waals surface area contributed by atoms with Crippen molar-refractivity contribution < 1.29 is 8.42 Å². The van der Waals surface area contributed by atoms with Gasteiger partial charge in [0, 0.05) is 12.1 Å². The number of nitriles is 1. The maximum atomic E-state index is 12.3. The van der Waals surface area contributed by atoms with Crippen molar-refractivity contribution in [3.8, 4) is 6.07 Å². The van der Waals surface area contributed by atoms with Crippen molar-refractivity contribution in [2.75, 3.05) is 13.6 Å². The molecular weight excluding hydrogens is 274 g/mol. The molecule has 0 amide bonds. The van der Waals surface area contributed by atoms with Crippen molar-refractivity contribution in [1.29, 1.82) is 5.26 Å². The van der Waals surface area contributed by atoms with Crippen molar-refractivity contribution in [2.24, 2.45) is 0 Å². The minimum Gasteiger partial charge on any atom is -0.304 e. The second-order valence-electron chi connectivity index (χ2n) is 5.31. The Morgan fingerprint density at radius 2 is 2.20 bits per heavy atom. The maximum absolute atomic E-state index is 12.3. The first-order valence-corrected chi connectivity index (χ1v) is 8.13. The molecule has 2 unspecified atom stereocenters. The van der Waals surface area contributed by atoms with E-state index in [4.69, 9.17) is 5.26 Å². The normalized spacial score (nSPS) is 24.2. The Bertz CT molecular complexity index is 622. The van der Waals surface area contributed by atoms with E-state index >= 15 is 0 Å². The first kappa shape index (κ1) is 15.0. The Morgan fingerprint density at radius 3 is 2.85 bits per heavy atom. The zero-order valence-corrected chi connectivity index (χ0v) is 12.5. The fraction of sp³-hybridized carbons (Fsp3) is 0.500. The van der Waals surface area contributed by atoms with E-state index in [0.717, 1.165) is 19.4 Å². The van der Waals surface area contributed by atoms with Crippen LogP contribution >= 0.6 is 0 Å². The van der Waals surface area contributed by atoms with Crippen LogP contribution in [-0.2, 0) is 10.0 Å². The van der Waals surface area contributed by atoms with Gasteiger partial charge < -0.3 is 4.90 Å². The van der Waals surface area contributed by atoms with Gasteiger partial charge in [-0.15, -0.1) is 0 Å². The van der Waals surface area contributed by atoms with Crippen molar-refractivity contribution in [1.82, 2.24) is 9.62 Å². The molecule has 2 rings (SSSR count). The van der Waals surface area contributed by atoms with Gasteiger partial charge in [-0.25, -0.2) is 13.1 Å². The molecule has 1 aliphatic rings. The van der Waals surface area contributed by atoms with Gasteiger partial charge in [0.25, 0.3) is 0 Å². The zero-order valence-electron chi connectivity index (χ0n) is 11.7. The predicted octanol–water partition coefficient (Wildman–Crippen LogP) is 1.32. The van der Waals surface area contributed by atoms with Gasteiger partial charge in [0.1, 0.15) is 0 Å². The molecule has 20 heavy (non-hydrogen) atoms. The highest BCUT2D eigenvalue weighted by atomic mass is 32.2. The molecule has 0 radical (unpaired) electrons. The lowest BCUT2D eigenvalue weighted by Crippen LogP contribution is -2.47. The van der Waals surface area contributed by atoms with Crippen molar-refractivity contribution in [2.45, 2.75) is 36.7 Å². The molecule has 1 aromatic rings. The van der Waals surface area contributed by atoms with E-state index in [1.165, 1.54) is 12.1 Å². The molecule has 1 heterocycles. The molecule has 0 aliphatic carbocycles. The van der Waals surface area contributed by atoms with E-state index in [-0.39, 0.29) is 10.9 Å². The van der Waals surface area contributed by atoms with Crippen LogP contribution in [-0.4, -0.2) is 39.0 Å². The van der Waals surface area contributed by atoms with Crippen molar-refractivity contribution >= 4 is 10.0 Å². The van der Waals surface area contributed by atoms with E-state index in [0.29, 0.717) is 11.6 Å². The van der Waals surface area contributed by atoms with E-state index < -0.39 is 10.0 Å².